The molecule has 2 amide bonds. The molecule has 0 atom stereocenters. The topological polar surface area (TPSA) is 93.1 Å². The van der Waals surface area contributed by atoms with Crippen LogP contribution in [0.4, 0.5) is 11.4 Å². The molecule has 0 radical (unpaired) electrons. The molecule has 0 bridgehead atoms. The van der Waals surface area contributed by atoms with Crippen molar-refractivity contribution in [1.29, 1.82) is 0 Å². The van der Waals surface area contributed by atoms with E-state index in [1.165, 1.54) is 18.6 Å². The van der Waals surface area contributed by atoms with Gasteiger partial charge in [0.05, 0.1) is 5.69 Å². The van der Waals surface area contributed by atoms with Gasteiger partial charge in [-0.2, -0.15) is 5.10 Å². The molecular formula is C22H22N4O3. The SMILES string of the molecule is CC(=O)Nc1cccc(NC(=O)Cn2nc(-c3ccc(C)c(C)c3)ccc2=O)c1. The first kappa shape index (κ1) is 20.0. The molecule has 0 aliphatic heterocycles. The Hall–Kier alpha value is -3.74. The van der Waals surface area contributed by atoms with Crippen molar-refractivity contribution < 1.29 is 9.59 Å². The Bertz CT molecular complexity index is 1130. The van der Waals surface area contributed by atoms with Gasteiger partial charge < -0.3 is 10.6 Å². The van der Waals surface area contributed by atoms with E-state index < -0.39 is 5.91 Å². The van der Waals surface area contributed by atoms with Crippen LogP contribution in [-0.2, 0) is 16.1 Å². The number of rotatable bonds is 5. The highest BCUT2D eigenvalue weighted by atomic mass is 16.2. The summed E-state index contributed by atoms with van der Waals surface area (Å²) in [5, 5.41) is 9.71. The zero-order valence-corrected chi connectivity index (χ0v) is 16.5. The summed E-state index contributed by atoms with van der Waals surface area (Å²) >= 11 is 0. The first-order valence-corrected chi connectivity index (χ1v) is 9.15. The summed E-state index contributed by atoms with van der Waals surface area (Å²) in [5.41, 5.74) is 4.52. The first-order valence-electron chi connectivity index (χ1n) is 9.15. The van der Waals surface area contributed by atoms with Crippen molar-refractivity contribution in [3.05, 3.63) is 76.1 Å². The highest BCUT2D eigenvalue weighted by molar-refractivity contribution is 5.93. The predicted molar refractivity (Wildman–Crippen MR) is 113 cm³/mol. The number of hydrogen-bond donors (Lipinski definition) is 2. The fourth-order valence-corrected chi connectivity index (χ4v) is 2.83. The minimum Gasteiger partial charge on any atom is -0.326 e. The monoisotopic (exact) mass is 390 g/mol. The van der Waals surface area contributed by atoms with Gasteiger partial charge >= 0.3 is 0 Å². The number of anilines is 2. The Balaban J connectivity index is 1.77. The minimum absolute atomic E-state index is 0.201. The zero-order valence-electron chi connectivity index (χ0n) is 16.5. The molecule has 148 valence electrons. The van der Waals surface area contributed by atoms with E-state index in [1.54, 1.807) is 30.3 Å². The Morgan fingerprint density at radius 2 is 1.66 bits per heavy atom. The molecule has 7 nitrogen and oxygen atoms in total. The molecule has 0 aliphatic carbocycles. The second-order valence-electron chi connectivity index (χ2n) is 6.82. The van der Waals surface area contributed by atoms with Crippen molar-refractivity contribution in [2.75, 3.05) is 10.6 Å². The normalized spacial score (nSPS) is 10.4. The molecule has 0 unspecified atom stereocenters. The lowest BCUT2D eigenvalue weighted by molar-refractivity contribution is -0.117. The summed E-state index contributed by atoms with van der Waals surface area (Å²) in [5.74, 6) is -0.593. The standard InChI is InChI=1S/C22H22N4O3/c1-14-7-8-17(11-15(14)2)20-9-10-22(29)26(25-20)13-21(28)24-19-6-4-5-18(12-19)23-16(3)27/h4-12H,13H2,1-3H3,(H,23,27)(H,24,28). The molecule has 1 heterocycles. The average molecular weight is 390 g/mol. The van der Waals surface area contributed by atoms with E-state index >= 15 is 0 Å². The Kier molecular flexibility index (Phi) is 5.87. The van der Waals surface area contributed by atoms with E-state index in [1.807, 2.05) is 32.0 Å². The molecular weight excluding hydrogens is 368 g/mol. The van der Waals surface area contributed by atoms with E-state index in [0.717, 1.165) is 15.8 Å². The second kappa shape index (κ2) is 8.52. The number of aryl methyl sites for hydroxylation is 2. The van der Waals surface area contributed by atoms with Crippen molar-refractivity contribution in [3.63, 3.8) is 0 Å². The van der Waals surface area contributed by atoms with Gasteiger partial charge in [0.1, 0.15) is 6.54 Å². The highest BCUT2D eigenvalue weighted by Gasteiger charge is 2.09. The number of hydrogen-bond acceptors (Lipinski definition) is 4. The number of amides is 2. The largest absolute Gasteiger partial charge is 0.326 e. The fourth-order valence-electron chi connectivity index (χ4n) is 2.83. The number of benzene rings is 2. The summed E-state index contributed by atoms with van der Waals surface area (Å²) in [7, 11) is 0. The molecule has 2 N–H and O–H groups in total. The minimum atomic E-state index is -0.392. The van der Waals surface area contributed by atoms with Gasteiger partial charge in [0, 0.05) is 29.9 Å². The van der Waals surface area contributed by atoms with Crippen molar-refractivity contribution in [2.24, 2.45) is 0 Å². The van der Waals surface area contributed by atoms with Gasteiger partial charge in [-0.3, -0.25) is 14.4 Å². The van der Waals surface area contributed by atoms with Gasteiger partial charge in [-0.1, -0.05) is 18.2 Å². The lowest BCUT2D eigenvalue weighted by atomic mass is 10.0. The van der Waals surface area contributed by atoms with Crippen molar-refractivity contribution in [1.82, 2.24) is 9.78 Å². The van der Waals surface area contributed by atoms with E-state index in [4.69, 9.17) is 0 Å². The molecule has 0 saturated heterocycles. The lowest BCUT2D eigenvalue weighted by Gasteiger charge is -2.10. The van der Waals surface area contributed by atoms with E-state index in [0.29, 0.717) is 17.1 Å². The maximum atomic E-state index is 12.4. The Labute approximate surface area is 168 Å². The quantitative estimate of drug-likeness (QED) is 0.700. The van der Waals surface area contributed by atoms with Gasteiger partial charge in [-0.15, -0.1) is 0 Å². The van der Waals surface area contributed by atoms with Crippen LogP contribution in [0.15, 0.2) is 59.4 Å². The molecule has 1 aromatic heterocycles. The van der Waals surface area contributed by atoms with Crippen LogP contribution < -0.4 is 16.2 Å². The van der Waals surface area contributed by atoms with Gasteiger partial charge in [-0.25, -0.2) is 4.68 Å². The maximum absolute atomic E-state index is 12.4. The molecule has 0 aliphatic rings. The number of carbonyl (C=O) groups excluding carboxylic acids is 2. The van der Waals surface area contributed by atoms with Gasteiger partial charge in [0.2, 0.25) is 11.8 Å². The van der Waals surface area contributed by atoms with Crippen molar-refractivity contribution in [2.45, 2.75) is 27.3 Å². The Morgan fingerprint density at radius 3 is 2.34 bits per heavy atom. The molecule has 2 aromatic carbocycles. The number of nitrogens with one attached hydrogen (secondary N) is 2. The second-order valence-corrected chi connectivity index (χ2v) is 6.82. The maximum Gasteiger partial charge on any atom is 0.267 e. The molecule has 7 heteroatoms. The smallest absolute Gasteiger partial charge is 0.267 e. The van der Waals surface area contributed by atoms with E-state index in [2.05, 4.69) is 15.7 Å². The van der Waals surface area contributed by atoms with Crippen LogP contribution >= 0.6 is 0 Å². The van der Waals surface area contributed by atoms with Gasteiger partial charge in [0.15, 0.2) is 0 Å². The average Bonchev–Trinajstić information content (AvgIpc) is 2.65. The molecule has 29 heavy (non-hydrogen) atoms. The summed E-state index contributed by atoms with van der Waals surface area (Å²) in [4.78, 5) is 35.7. The van der Waals surface area contributed by atoms with Crippen molar-refractivity contribution >= 4 is 23.2 Å². The lowest BCUT2D eigenvalue weighted by Crippen LogP contribution is -2.29. The number of carbonyl (C=O) groups is 2. The number of aromatic nitrogens is 2. The Morgan fingerprint density at radius 1 is 0.931 bits per heavy atom. The third kappa shape index (κ3) is 5.16. The molecule has 3 rings (SSSR count). The van der Waals surface area contributed by atoms with Gasteiger partial charge in [0.25, 0.3) is 5.56 Å². The van der Waals surface area contributed by atoms with E-state index in [9.17, 15) is 14.4 Å². The van der Waals surface area contributed by atoms with Crippen LogP contribution in [0.25, 0.3) is 11.3 Å². The molecule has 0 saturated carbocycles. The van der Waals surface area contributed by atoms with Crippen LogP contribution in [0, 0.1) is 13.8 Å². The molecule has 3 aromatic rings. The van der Waals surface area contributed by atoms with Crippen LogP contribution in [0.5, 0.6) is 0 Å². The third-order valence-corrected chi connectivity index (χ3v) is 4.43. The van der Waals surface area contributed by atoms with Crippen LogP contribution in [0.2, 0.25) is 0 Å². The highest BCUT2D eigenvalue weighted by Crippen LogP contribution is 2.19. The summed E-state index contributed by atoms with van der Waals surface area (Å²) in [6, 6.07) is 15.8. The number of nitrogens with zero attached hydrogens (tertiary/aromatic N) is 2. The van der Waals surface area contributed by atoms with E-state index in [-0.39, 0.29) is 18.0 Å². The van der Waals surface area contributed by atoms with Crippen LogP contribution in [-0.4, -0.2) is 21.6 Å². The van der Waals surface area contributed by atoms with Crippen LogP contribution in [0.3, 0.4) is 0 Å². The third-order valence-electron chi connectivity index (χ3n) is 4.43. The molecule has 0 fully saturated rings. The fraction of sp³-hybridized carbons (Fsp3) is 0.182. The predicted octanol–water partition coefficient (Wildman–Crippen LogP) is 3.12. The summed E-state index contributed by atoms with van der Waals surface area (Å²) in [6.07, 6.45) is 0. The van der Waals surface area contributed by atoms with Gasteiger partial charge in [-0.05, 0) is 55.3 Å². The summed E-state index contributed by atoms with van der Waals surface area (Å²) in [6.45, 7) is 5.23. The summed E-state index contributed by atoms with van der Waals surface area (Å²) < 4.78 is 1.14. The molecule has 0 spiro atoms. The zero-order chi connectivity index (χ0) is 21.0. The van der Waals surface area contributed by atoms with Crippen molar-refractivity contribution in [3.8, 4) is 11.3 Å². The first-order chi connectivity index (χ1) is 13.8. The van der Waals surface area contributed by atoms with Crippen LogP contribution in [0.1, 0.15) is 18.1 Å².